The van der Waals surface area contributed by atoms with Gasteiger partial charge in [0.1, 0.15) is 11.4 Å². The molecule has 3 heterocycles. The average molecular weight is 404 g/mol. The minimum Gasteiger partial charge on any atom is -0.497 e. The van der Waals surface area contributed by atoms with Crippen molar-refractivity contribution in [1.29, 1.82) is 0 Å². The van der Waals surface area contributed by atoms with Gasteiger partial charge in [-0.2, -0.15) is 0 Å². The SMILES string of the molecule is COc1ccc(CCNC(=O)C2C3C(=O)N(c4ccccc4)CC34C=C[C@H]2O4)cc1. The van der Waals surface area contributed by atoms with Gasteiger partial charge in [-0.15, -0.1) is 0 Å². The predicted molar refractivity (Wildman–Crippen MR) is 112 cm³/mol. The fourth-order valence-corrected chi connectivity index (χ4v) is 4.86. The Labute approximate surface area is 175 Å². The van der Waals surface area contributed by atoms with Crippen LogP contribution in [0.15, 0.2) is 66.7 Å². The van der Waals surface area contributed by atoms with Crippen LogP contribution in [-0.4, -0.2) is 43.7 Å². The summed E-state index contributed by atoms with van der Waals surface area (Å²) in [6, 6.07) is 17.4. The first kappa shape index (κ1) is 18.9. The predicted octanol–water partition coefficient (Wildman–Crippen LogP) is 2.34. The molecule has 2 fully saturated rings. The summed E-state index contributed by atoms with van der Waals surface area (Å²) < 4.78 is 11.4. The summed E-state index contributed by atoms with van der Waals surface area (Å²) in [6.45, 7) is 0.956. The van der Waals surface area contributed by atoms with Crippen molar-refractivity contribution in [3.05, 3.63) is 72.3 Å². The van der Waals surface area contributed by atoms with Crippen molar-refractivity contribution >= 4 is 17.5 Å². The molecular weight excluding hydrogens is 380 g/mol. The van der Waals surface area contributed by atoms with Gasteiger partial charge < -0.3 is 19.7 Å². The van der Waals surface area contributed by atoms with Crippen LogP contribution < -0.4 is 15.0 Å². The molecule has 0 aliphatic carbocycles. The summed E-state index contributed by atoms with van der Waals surface area (Å²) in [4.78, 5) is 28.0. The number of carbonyl (C=O) groups excluding carboxylic acids is 2. The number of amides is 2. The van der Waals surface area contributed by atoms with Gasteiger partial charge in [0.25, 0.3) is 0 Å². The quantitative estimate of drug-likeness (QED) is 0.751. The smallest absolute Gasteiger partial charge is 0.234 e. The number of hydrogen-bond donors (Lipinski definition) is 1. The summed E-state index contributed by atoms with van der Waals surface area (Å²) in [6.07, 6.45) is 4.29. The highest BCUT2D eigenvalue weighted by Crippen LogP contribution is 2.52. The van der Waals surface area contributed by atoms with E-state index in [-0.39, 0.29) is 17.9 Å². The van der Waals surface area contributed by atoms with E-state index in [1.54, 1.807) is 12.0 Å². The zero-order chi connectivity index (χ0) is 20.7. The number of rotatable bonds is 6. The number of benzene rings is 2. The lowest BCUT2D eigenvalue weighted by Gasteiger charge is -2.23. The Hall–Kier alpha value is -3.12. The van der Waals surface area contributed by atoms with Gasteiger partial charge in [-0.3, -0.25) is 9.59 Å². The zero-order valence-corrected chi connectivity index (χ0v) is 16.8. The Kier molecular flexibility index (Phi) is 4.59. The largest absolute Gasteiger partial charge is 0.497 e. The second kappa shape index (κ2) is 7.29. The molecule has 3 unspecified atom stereocenters. The molecule has 6 heteroatoms. The minimum atomic E-state index is -0.699. The normalized spacial score (nSPS) is 28.6. The Morgan fingerprint density at radius 3 is 2.70 bits per heavy atom. The maximum Gasteiger partial charge on any atom is 0.234 e. The molecule has 5 rings (SSSR count). The molecule has 1 spiro atoms. The van der Waals surface area contributed by atoms with Crippen LogP contribution in [0.1, 0.15) is 5.56 Å². The second-order valence-electron chi connectivity index (χ2n) is 8.05. The Morgan fingerprint density at radius 2 is 1.97 bits per heavy atom. The summed E-state index contributed by atoms with van der Waals surface area (Å²) in [5.74, 6) is -0.321. The third kappa shape index (κ3) is 2.99. The number of methoxy groups -OCH3 is 1. The van der Waals surface area contributed by atoms with E-state index in [9.17, 15) is 9.59 Å². The zero-order valence-electron chi connectivity index (χ0n) is 16.8. The van der Waals surface area contributed by atoms with Gasteiger partial charge in [0, 0.05) is 12.2 Å². The molecule has 2 amide bonds. The lowest BCUT2D eigenvalue weighted by atomic mass is 9.77. The highest BCUT2D eigenvalue weighted by molar-refractivity contribution is 6.03. The molecule has 0 aromatic heterocycles. The highest BCUT2D eigenvalue weighted by atomic mass is 16.5. The molecule has 30 heavy (non-hydrogen) atoms. The van der Waals surface area contributed by atoms with Crippen LogP contribution >= 0.6 is 0 Å². The van der Waals surface area contributed by atoms with Crippen molar-refractivity contribution in [2.75, 3.05) is 25.1 Å². The average Bonchev–Trinajstić information content (AvgIpc) is 3.43. The van der Waals surface area contributed by atoms with Crippen LogP contribution in [0.25, 0.3) is 0 Å². The number of ether oxygens (including phenoxy) is 2. The van der Waals surface area contributed by atoms with Crippen molar-refractivity contribution in [3.63, 3.8) is 0 Å². The van der Waals surface area contributed by atoms with Gasteiger partial charge in [0.2, 0.25) is 11.8 Å². The van der Waals surface area contributed by atoms with Crippen LogP contribution in [0.4, 0.5) is 5.69 Å². The molecule has 154 valence electrons. The van der Waals surface area contributed by atoms with Crippen LogP contribution in [0.3, 0.4) is 0 Å². The molecule has 4 atom stereocenters. The third-order valence-electron chi connectivity index (χ3n) is 6.34. The van der Waals surface area contributed by atoms with Crippen molar-refractivity contribution in [2.45, 2.75) is 18.1 Å². The van der Waals surface area contributed by atoms with E-state index in [1.165, 1.54) is 0 Å². The number of hydrogen-bond acceptors (Lipinski definition) is 4. The topological polar surface area (TPSA) is 67.9 Å². The molecule has 1 N–H and O–H groups in total. The van der Waals surface area contributed by atoms with Crippen molar-refractivity contribution in [2.24, 2.45) is 11.8 Å². The second-order valence-corrected chi connectivity index (χ2v) is 8.05. The van der Waals surface area contributed by atoms with E-state index in [4.69, 9.17) is 9.47 Å². The lowest BCUT2D eigenvalue weighted by molar-refractivity contribution is -0.131. The van der Waals surface area contributed by atoms with Crippen LogP contribution in [0, 0.1) is 11.8 Å². The van der Waals surface area contributed by atoms with Crippen LogP contribution in [0.2, 0.25) is 0 Å². The van der Waals surface area contributed by atoms with Gasteiger partial charge in [0.05, 0.1) is 31.6 Å². The maximum atomic E-state index is 13.3. The fourth-order valence-electron chi connectivity index (χ4n) is 4.86. The number of para-hydroxylation sites is 1. The molecule has 0 saturated carbocycles. The van der Waals surface area contributed by atoms with Gasteiger partial charge >= 0.3 is 0 Å². The first-order valence-electron chi connectivity index (χ1n) is 10.3. The maximum absolute atomic E-state index is 13.3. The molecule has 3 aliphatic heterocycles. The molecule has 2 aromatic rings. The third-order valence-corrected chi connectivity index (χ3v) is 6.34. The molecule has 0 radical (unpaired) electrons. The number of fused-ring (bicyclic) bond motifs is 1. The standard InChI is InChI=1S/C24H24N2O4/c1-29-18-9-7-16(8-10-18)12-14-25-22(27)20-19-11-13-24(30-19)15-26(23(28)21(20)24)17-5-3-2-4-6-17/h2-11,13,19-21H,12,14-15H2,1H3,(H,25,27)/t19-,20?,21?,24?/m1/s1. The van der Waals surface area contributed by atoms with E-state index in [0.29, 0.717) is 19.5 Å². The summed E-state index contributed by atoms with van der Waals surface area (Å²) in [7, 11) is 1.64. The lowest BCUT2D eigenvalue weighted by Crippen LogP contribution is -2.44. The summed E-state index contributed by atoms with van der Waals surface area (Å²) >= 11 is 0. The van der Waals surface area contributed by atoms with Gasteiger partial charge in [-0.05, 0) is 36.2 Å². The van der Waals surface area contributed by atoms with Gasteiger partial charge in [-0.25, -0.2) is 0 Å². The van der Waals surface area contributed by atoms with E-state index < -0.39 is 17.4 Å². The number of carbonyl (C=O) groups is 2. The van der Waals surface area contributed by atoms with Crippen molar-refractivity contribution < 1.29 is 19.1 Å². The van der Waals surface area contributed by atoms with Crippen LogP contribution in [0.5, 0.6) is 5.75 Å². The Bertz CT molecular complexity index is 988. The minimum absolute atomic E-state index is 0.0386. The molecular formula is C24H24N2O4. The fraction of sp³-hybridized carbons (Fsp3) is 0.333. The van der Waals surface area contributed by atoms with E-state index >= 15 is 0 Å². The van der Waals surface area contributed by atoms with E-state index in [1.807, 2.05) is 66.7 Å². The van der Waals surface area contributed by atoms with E-state index in [0.717, 1.165) is 17.0 Å². The Morgan fingerprint density at radius 1 is 1.20 bits per heavy atom. The summed E-state index contributed by atoms with van der Waals surface area (Å²) in [5, 5.41) is 3.02. The van der Waals surface area contributed by atoms with Gasteiger partial charge in [0.15, 0.2) is 0 Å². The van der Waals surface area contributed by atoms with Crippen molar-refractivity contribution in [3.8, 4) is 5.75 Å². The van der Waals surface area contributed by atoms with Gasteiger partial charge in [-0.1, -0.05) is 42.5 Å². The first-order chi connectivity index (χ1) is 14.6. The molecule has 2 aromatic carbocycles. The molecule has 2 saturated heterocycles. The van der Waals surface area contributed by atoms with Crippen molar-refractivity contribution in [1.82, 2.24) is 5.32 Å². The van der Waals surface area contributed by atoms with E-state index in [2.05, 4.69) is 5.32 Å². The number of nitrogens with one attached hydrogen (secondary N) is 1. The molecule has 2 bridgehead atoms. The summed E-state index contributed by atoms with van der Waals surface area (Å²) in [5.41, 5.74) is 1.25. The highest BCUT2D eigenvalue weighted by Gasteiger charge is 2.66. The monoisotopic (exact) mass is 404 g/mol. The molecule has 3 aliphatic rings. The number of anilines is 1. The Balaban J connectivity index is 1.27. The number of nitrogens with zero attached hydrogens (tertiary/aromatic N) is 1. The van der Waals surface area contributed by atoms with Crippen LogP contribution in [-0.2, 0) is 20.7 Å². The first-order valence-corrected chi connectivity index (χ1v) is 10.3. The molecule has 6 nitrogen and oxygen atoms in total.